The van der Waals surface area contributed by atoms with Crippen molar-refractivity contribution in [2.45, 2.75) is 31.8 Å². The summed E-state index contributed by atoms with van der Waals surface area (Å²) in [6, 6.07) is 12.2. The van der Waals surface area contributed by atoms with Gasteiger partial charge in [0.25, 0.3) is 0 Å². The van der Waals surface area contributed by atoms with E-state index in [9.17, 15) is 5.26 Å². The van der Waals surface area contributed by atoms with Crippen molar-refractivity contribution in [1.29, 1.82) is 10.5 Å². The lowest BCUT2D eigenvalue weighted by Crippen LogP contribution is -2.39. The molecule has 0 aliphatic rings. The molecule has 0 bridgehead atoms. The van der Waals surface area contributed by atoms with E-state index in [-0.39, 0.29) is 6.42 Å². The third-order valence-corrected chi connectivity index (χ3v) is 3.60. The van der Waals surface area contributed by atoms with Gasteiger partial charge in [0.2, 0.25) is 0 Å². The van der Waals surface area contributed by atoms with Crippen LogP contribution in [0.25, 0.3) is 11.0 Å². The zero-order valence-corrected chi connectivity index (χ0v) is 11.7. The number of nitrogens with zero attached hydrogens (tertiary/aromatic N) is 4. The average molecular weight is 267 g/mol. The first-order valence-corrected chi connectivity index (χ1v) is 6.55. The summed E-state index contributed by atoms with van der Waals surface area (Å²) in [7, 11) is 1.78. The van der Waals surface area contributed by atoms with E-state index in [0.29, 0.717) is 13.0 Å². The SMILES string of the molecule is CNC(C)(C#N)CCn1c(CC#N)nc2ccccc21. The molecular formula is C15H17N5. The number of nitriles is 2. The van der Waals surface area contributed by atoms with Crippen LogP contribution in [0, 0.1) is 22.7 Å². The molecule has 0 aliphatic carbocycles. The molecule has 0 radical (unpaired) electrons. The quantitative estimate of drug-likeness (QED) is 0.898. The van der Waals surface area contributed by atoms with Crippen LogP contribution in [0.1, 0.15) is 19.2 Å². The predicted molar refractivity (Wildman–Crippen MR) is 76.7 cm³/mol. The number of hydrogen-bond acceptors (Lipinski definition) is 4. The van der Waals surface area contributed by atoms with Crippen molar-refractivity contribution in [2.75, 3.05) is 7.05 Å². The molecular weight excluding hydrogens is 250 g/mol. The van der Waals surface area contributed by atoms with Crippen LogP contribution in [0.4, 0.5) is 0 Å². The molecule has 102 valence electrons. The second-order valence-electron chi connectivity index (χ2n) is 4.95. The molecule has 0 spiro atoms. The van der Waals surface area contributed by atoms with Gasteiger partial charge < -0.3 is 9.88 Å². The molecule has 0 saturated carbocycles. The van der Waals surface area contributed by atoms with Gasteiger partial charge in [-0.05, 0) is 32.5 Å². The van der Waals surface area contributed by atoms with Gasteiger partial charge in [-0.15, -0.1) is 0 Å². The lowest BCUT2D eigenvalue weighted by molar-refractivity contribution is 0.422. The van der Waals surface area contributed by atoms with E-state index in [1.165, 1.54) is 0 Å². The van der Waals surface area contributed by atoms with E-state index in [2.05, 4.69) is 22.4 Å². The van der Waals surface area contributed by atoms with Gasteiger partial charge in [-0.2, -0.15) is 10.5 Å². The Kier molecular flexibility index (Phi) is 4.02. The molecule has 2 aromatic rings. The van der Waals surface area contributed by atoms with Crippen molar-refractivity contribution in [1.82, 2.24) is 14.9 Å². The number of aromatic nitrogens is 2. The molecule has 1 unspecified atom stereocenters. The summed E-state index contributed by atoms with van der Waals surface area (Å²) in [6.07, 6.45) is 0.927. The summed E-state index contributed by atoms with van der Waals surface area (Å²) >= 11 is 0. The molecule has 2 rings (SSSR count). The van der Waals surface area contributed by atoms with E-state index in [1.807, 2.05) is 35.8 Å². The first-order valence-electron chi connectivity index (χ1n) is 6.55. The van der Waals surface area contributed by atoms with Crippen LogP contribution in [-0.2, 0) is 13.0 Å². The molecule has 1 aromatic heterocycles. The Morgan fingerprint density at radius 3 is 2.75 bits per heavy atom. The Balaban J connectivity index is 2.35. The second-order valence-corrected chi connectivity index (χ2v) is 4.95. The van der Waals surface area contributed by atoms with Gasteiger partial charge in [0.05, 0.1) is 29.6 Å². The van der Waals surface area contributed by atoms with Crippen LogP contribution in [-0.4, -0.2) is 22.1 Å². The lowest BCUT2D eigenvalue weighted by Gasteiger charge is -2.21. The van der Waals surface area contributed by atoms with E-state index >= 15 is 0 Å². The molecule has 5 heteroatoms. The molecule has 1 N–H and O–H groups in total. The number of aryl methyl sites for hydroxylation is 1. The van der Waals surface area contributed by atoms with Crippen LogP contribution < -0.4 is 5.32 Å². The summed E-state index contributed by atoms with van der Waals surface area (Å²) in [4.78, 5) is 4.49. The third-order valence-electron chi connectivity index (χ3n) is 3.60. The zero-order valence-electron chi connectivity index (χ0n) is 11.7. The Morgan fingerprint density at radius 1 is 1.35 bits per heavy atom. The van der Waals surface area contributed by atoms with Gasteiger partial charge >= 0.3 is 0 Å². The molecule has 0 amide bonds. The fraction of sp³-hybridized carbons (Fsp3) is 0.400. The van der Waals surface area contributed by atoms with Gasteiger partial charge in [-0.3, -0.25) is 0 Å². The number of rotatable bonds is 5. The summed E-state index contributed by atoms with van der Waals surface area (Å²) in [5.41, 5.74) is 1.32. The highest BCUT2D eigenvalue weighted by atomic mass is 15.1. The number of para-hydroxylation sites is 2. The highest BCUT2D eigenvalue weighted by Gasteiger charge is 2.22. The monoisotopic (exact) mass is 267 g/mol. The van der Waals surface area contributed by atoms with Crippen molar-refractivity contribution in [3.63, 3.8) is 0 Å². The van der Waals surface area contributed by atoms with E-state index in [4.69, 9.17) is 5.26 Å². The molecule has 0 saturated heterocycles. The molecule has 1 atom stereocenters. The number of imidazole rings is 1. The first kappa shape index (κ1) is 14.0. The first-order chi connectivity index (χ1) is 9.63. The van der Waals surface area contributed by atoms with Gasteiger partial charge in [-0.25, -0.2) is 4.98 Å². The summed E-state index contributed by atoms with van der Waals surface area (Å²) in [5.74, 6) is 0.755. The second kappa shape index (κ2) is 5.73. The van der Waals surface area contributed by atoms with Gasteiger partial charge in [-0.1, -0.05) is 12.1 Å². The highest BCUT2D eigenvalue weighted by Crippen LogP contribution is 2.19. The minimum Gasteiger partial charge on any atom is -0.327 e. The van der Waals surface area contributed by atoms with Crippen LogP contribution in [0.5, 0.6) is 0 Å². The predicted octanol–water partition coefficient (Wildman–Crippen LogP) is 1.99. The van der Waals surface area contributed by atoms with Crippen LogP contribution in [0.2, 0.25) is 0 Å². The van der Waals surface area contributed by atoms with Gasteiger partial charge in [0.1, 0.15) is 11.4 Å². The molecule has 20 heavy (non-hydrogen) atoms. The van der Waals surface area contributed by atoms with Gasteiger partial charge in [0.15, 0.2) is 0 Å². The van der Waals surface area contributed by atoms with Crippen molar-refractivity contribution in [3.8, 4) is 12.1 Å². The van der Waals surface area contributed by atoms with Crippen molar-refractivity contribution in [2.24, 2.45) is 0 Å². The third kappa shape index (κ3) is 2.64. The summed E-state index contributed by atoms with van der Waals surface area (Å²) in [5, 5.41) is 21.2. The smallest absolute Gasteiger partial charge is 0.124 e. The largest absolute Gasteiger partial charge is 0.327 e. The molecule has 1 aromatic carbocycles. The average Bonchev–Trinajstić information content (AvgIpc) is 2.83. The Hall–Kier alpha value is -2.37. The summed E-state index contributed by atoms with van der Waals surface area (Å²) < 4.78 is 2.03. The number of benzene rings is 1. The minimum absolute atomic E-state index is 0.275. The maximum atomic E-state index is 9.21. The standard InChI is InChI=1S/C15H17N5/c1-15(11-17,18-2)8-10-20-13-6-4-3-5-12(13)19-14(20)7-9-16/h3-6,18H,7-8,10H2,1-2H3. The zero-order chi connectivity index (χ0) is 14.6. The molecule has 1 heterocycles. The van der Waals surface area contributed by atoms with E-state index in [1.54, 1.807) is 7.05 Å². The Bertz CT molecular complexity index is 688. The van der Waals surface area contributed by atoms with Crippen molar-refractivity contribution in [3.05, 3.63) is 30.1 Å². The topological polar surface area (TPSA) is 77.4 Å². The van der Waals surface area contributed by atoms with Crippen LogP contribution >= 0.6 is 0 Å². The van der Waals surface area contributed by atoms with Gasteiger partial charge in [0, 0.05) is 6.54 Å². The highest BCUT2D eigenvalue weighted by molar-refractivity contribution is 5.75. The Labute approximate surface area is 118 Å². The van der Waals surface area contributed by atoms with Crippen molar-refractivity contribution >= 4 is 11.0 Å². The number of nitrogens with one attached hydrogen (secondary N) is 1. The molecule has 0 fully saturated rings. The van der Waals surface area contributed by atoms with E-state index < -0.39 is 5.54 Å². The minimum atomic E-state index is -0.574. The maximum Gasteiger partial charge on any atom is 0.124 e. The molecule has 5 nitrogen and oxygen atoms in total. The van der Waals surface area contributed by atoms with E-state index in [0.717, 1.165) is 16.9 Å². The fourth-order valence-electron chi connectivity index (χ4n) is 2.15. The number of hydrogen-bond donors (Lipinski definition) is 1. The molecule has 0 aliphatic heterocycles. The van der Waals surface area contributed by atoms with Crippen LogP contribution in [0.3, 0.4) is 0 Å². The lowest BCUT2D eigenvalue weighted by atomic mass is 10.0. The summed E-state index contributed by atoms with van der Waals surface area (Å²) in [6.45, 7) is 2.53. The normalized spacial score (nSPS) is 13.6. The van der Waals surface area contributed by atoms with Crippen LogP contribution in [0.15, 0.2) is 24.3 Å². The maximum absolute atomic E-state index is 9.21. The number of fused-ring (bicyclic) bond motifs is 1. The van der Waals surface area contributed by atoms with Crippen molar-refractivity contribution < 1.29 is 0 Å². The fourth-order valence-corrected chi connectivity index (χ4v) is 2.15. The Morgan fingerprint density at radius 2 is 2.10 bits per heavy atom.